The highest BCUT2D eigenvalue weighted by atomic mass is 32.2. The van der Waals surface area contributed by atoms with Gasteiger partial charge in [-0.2, -0.15) is 0 Å². The van der Waals surface area contributed by atoms with Crippen LogP contribution in [0.15, 0.2) is 41.3 Å². The Labute approximate surface area is 179 Å². The fourth-order valence-corrected chi connectivity index (χ4v) is 4.98. The molecule has 29 heavy (non-hydrogen) atoms. The Bertz CT molecular complexity index is 1010. The molecule has 1 aliphatic heterocycles. The van der Waals surface area contributed by atoms with Crippen LogP contribution in [0.25, 0.3) is 10.2 Å². The predicted molar refractivity (Wildman–Crippen MR) is 120 cm³/mol. The molecule has 1 fully saturated rings. The highest BCUT2D eigenvalue weighted by Gasteiger charge is 2.27. The maximum Gasteiger partial charge on any atom is 0.260 e. The third-order valence-electron chi connectivity index (χ3n) is 5.14. The monoisotopic (exact) mass is 428 g/mol. The van der Waals surface area contributed by atoms with Gasteiger partial charge in [-0.3, -0.25) is 9.69 Å². The van der Waals surface area contributed by atoms with Crippen LogP contribution >= 0.6 is 23.1 Å². The number of anilines is 1. The van der Waals surface area contributed by atoms with Crippen LogP contribution < -0.4 is 9.64 Å². The number of hydrogen-bond donors (Lipinski definition) is 0. The fourth-order valence-electron chi connectivity index (χ4n) is 3.51. The van der Waals surface area contributed by atoms with E-state index in [1.165, 1.54) is 11.3 Å². The van der Waals surface area contributed by atoms with Crippen LogP contribution in [0.5, 0.6) is 5.75 Å². The van der Waals surface area contributed by atoms with Crippen molar-refractivity contribution in [1.82, 2.24) is 4.98 Å². The van der Waals surface area contributed by atoms with E-state index in [-0.39, 0.29) is 12.0 Å². The molecule has 4 rings (SSSR count). The lowest BCUT2D eigenvalue weighted by atomic mass is 10.2. The average Bonchev–Trinajstić information content (AvgIpc) is 3.42. The third-order valence-corrected chi connectivity index (χ3v) is 7.09. The van der Waals surface area contributed by atoms with Crippen molar-refractivity contribution in [2.45, 2.75) is 30.8 Å². The van der Waals surface area contributed by atoms with Crippen molar-refractivity contribution in [3.8, 4) is 5.75 Å². The van der Waals surface area contributed by atoms with Gasteiger partial charge < -0.3 is 9.47 Å². The molecule has 0 spiro atoms. The van der Waals surface area contributed by atoms with E-state index in [0.29, 0.717) is 17.2 Å². The topological polar surface area (TPSA) is 51.7 Å². The summed E-state index contributed by atoms with van der Waals surface area (Å²) in [5.74, 6) is 0.672. The summed E-state index contributed by atoms with van der Waals surface area (Å²) in [6.45, 7) is 3.31. The highest BCUT2D eigenvalue weighted by molar-refractivity contribution is 7.98. The van der Waals surface area contributed by atoms with Crippen molar-refractivity contribution in [3.63, 3.8) is 0 Å². The summed E-state index contributed by atoms with van der Waals surface area (Å²) in [4.78, 5) is 21.2. The first-order valence-electron chi connectivity index (χ1n) is 9.62. The van der Waals surface area contributed by atoms with Gasteiger partial charge in [0.1, 0.15) is 11.3 Å². The van der Waals surface area contributed by atoms with E-state index in [0.717, 1.165) is 45.9 Å². The van der Waals surface area contributed by atoms with Crippen LogP contribution in [0.1, 0.15) is 28.8 Å². The molecule has 5 nitrogen and oxygen atoms in total. The van der Waals surface area contributed by atoms with Crippen molar-refractivity contribution in [1.29, 1.82) is 0 Å². The maximum atomic E-state index is 13.4. The summed E-state index contributed by atoms with van der Waals surface area (Å²) >= 11 is 3.19. The molecule has 0 radical (unpaired) electrons. The second-order valence-electron chi connectivity index (χ2n) is 7.04. The van der Waals surface area contributed by atoms with E-state index in [2.05, 4.69) is 6.92 Å². The first kappa shape index (κ1) is 20.2. The molecule has 2 heterocycles. The molecule has 0 N–H and O–H groups in total. The maximum absolute atomic E-state index is 13.4. The van der Waals surface area contributed by atoms with Crippen LogP contribution in [0, 0.1) is 6.92 Å². The van der Waals surface area contributed by atoms with Gasteiger partial charge in [0.2, 0.25) is 0 Å². The highest BCUT2D eigenvalue weighted by Crippen LogP contribution is 2.37. The number of ether oxygens (including phenoxy) is 2. The van der Waals surface area contributed by atoms with E-state index in [1.807, 2.05) is 42.7 Å². The van der Waals surface area contributed by atoms with E-state index in [4.69, 9.17) is 14.5 Å². The first-order chi connectivity index (χ1) is 14.1. The number of rotatable bonds is 6. The predicted octanol–water partition coefficient (Wildman–Crippen LogP) is 5.16. The zero-order chi connectivity index (χ0) is 20.4. The largest absolute Gasteiger partial charge is 0.494 e. The smallest absolute Gasteiger partial charge is 0.260 e. The SMILES string of the molecule is COc1ccc(C)c2sc(N(C[C@@H]3CCCO3)C(=O)c3ccc(SC)cc3)nc12. The average molecular weight is 429 g/mol. The summed E-state index contributed by atoms with van der Waals surface area (Å²) in [5.41, 5.74) is 2.58. The number of amides is 1. The molecule has 2 aromatic carbocycles. The number of nitrogens with zero attached hydrogens (tertiary/aromatic N) is 2. The number of thiazole rings is 1. The van der Waals surface area contributed by atoms with Gasteiger partial charge in [0, 0.05) is 17.1 Å². The molecule has 0 aliphatic carbocycles. The molecule has 0 bridgehead atoms. The van der Waals surface area contributed by atoms with Gasteiger partial charge in [-0.15, -0.1) is 11.8 Å². The molecule has 1 aromatic heterocycles. The Kier molecular flexibility index (Phi) is 6.08. The number of carbonyl (C=O) groups excluding carboxylic acids is 1. The molecule has 1 aliphatic rings. The summed E-state index contributed by atoms with van der Waals surface area (Å²) in [7, 11) is 1.64. The van der Waals surface area contributed by atoms with Gasteiger partial charge in [-0.1, -0.05) is 17.4 Å². The lowest BCUT2D eigenvalue weighted by Crippen LogP contribution is -2.37. The second-order valence-corrected chi connectivity index (χ2v) is 8.90. The lowest BCUT2D eigenvalue weighted by molar-refractivity contribution is 0.0917. The van der Waals surface area contributed by atoms with Gasteiger partial charge in [-0.25, -0.2) is 4.98 Å². The van der Waals surface area contributed by atoms with Gasteiger partial charge in [-0.05, 0) is 61.9 Å². The van der Waals surface area contributed by atoms with E-state index < -0.39 is 0 Å². The second kappa shape index (κ2) is 8.73. The van der Waals surface area contributed by atoms with Gasteiger partial charge in [0.05, 0.1) is 24.5 Å². The number of thioether (sulfide) groups is 1. The van der Waals surface area contributed by atoms with Gasteiger partial charge >= 0.3 is 0 Å². The Balaban J connectivity index is 1.74. The van der Waals surface area contributed by atoms with Crippen molar-refractivity contribution >= 4 is 44.4 Å². The summed E-state index contributed by atoms with van der Waals surface area (Å²) in [6, 6.07) is 11.7. The Hall–Kier alpha value is -2.09. The quantitative estimate of drug-likeness (QED) is 0.508. The van der Waals surface area contributed by atoms with E-state index >= 15 is 0 Å². The molecular weight excluding hydrogens is 404 g/mol. The van der Waals surface area contributed by atoms with Crippen LogP contribution in [-0.4, -0.2) is 43.5 Å². The summed E-state index contributed by atoms with van der Waals surface area (Å²) in [5, 5.41) is 0.682. The minimum atomic E-state index is -0.0520. The number of aryl methyl sites for hydroxylation is 1. The minimum Gasteiger partial charge on any atom is -0.494 e. The van der Waals surface area contributed by atoms with Crippen LogP contribution in [0.2, 0.25) is 0 Å². The molecule has 1 saturated heterocycles. The van der Waals surface area contributed by atoms with Crippen molar-refractivity contribution < 1.29 is 14.3 Å². The number of methoxy groups -OCH3 is 1. The zero-order valence-corrected chi connectivity index (χ0v) is 18.4. The molecule has 152 valence electrons. The third kappa shape index (κ3) is 4.13. The Morgan fingerprint density at radius 3 is 2.76 bits per heavy atom. The van der Waals surface area contributed by atoms with E-state index in [1.54, 1.807) is 23.8 Å². The first-order valence-corrected chi connectivity index (χ1v) is 11.7. The molecule has 3 aromatic rings. The van der Waals surface area contributed by atoms with Crippen LogP contribution in [0.3, 0.4) is 0 Å². The van der Waals surface area contributed by atoms with Gasteiger partial charge in [0.15, 0.2) is 5.13 Å². The van der Waals surface area contributed by atoms with E-state index in [9.17, 15) is 4.79 Å². The zero-order valence-electron chi connectivity index (χ0n) is 16.8. The van der Waals surface area contributed by atoms with Crippen LogP contribution in [-0.2, 0) is 4.74 Å². The van der Waals surface area contributed by atoms with Crippen molar-refractivity contribution in [2.24, 2.45) is 0 Å². The molecule has 1 atom stereocenters. The molecule has 7 heteroatoms. The van der Waals surface area contributed by atoms with Crippen molar-refractivity contribution in [2.75, 3.05) is 31.4 Å². The molecule has 0 unspecified atom stereocenters. The number of aromatic nitrogens is 1. The number of fused-ring (bicyclic) bond motifs is 1. The molecule has 0 saturated carbocycles. The Morgan fingerprint density at radius 1 is 1.31 bits per heavy atom. The fraction of sp³-hybridized carbons (Fsp3) is 0.364. The number of carbonyl (C=O) groups is 1. The van der Waals surface area contributed by atoms with Gasteiger partial charge in [0.25, 0.3) is 5.91 Å². The van der Waals surface area contributed by atoms with Crippen LogP contribution in [0.4, 0.5) is 5.13 Å². The summed E-state index contributed by atoms with van der Waals surface area (Å²) < 4.78 is 12.4. The Morgan fingerprint density at radius 2 is 2.10 bits per heavy atom. The summed E-state index contributed by atoms with van der Waals surface area (Å²) in [6.07, 6.45) is 4.06. The lowest BCUT2D eigenvalue weighted by Gasteiger charge is -2.23. The van der Waals surface area contributed by atoms with Crippen molar-refractivity contribution in [3.05, 3.63) is 47.5 Å². The minimum absolute atomic E-state index is 0.0411. The molecular formula is C22H24N2O3S2. The molecule has 1 amide bonds. The normalized spacial score (nSPS) is 16.3. The standard InChI is InChI=1S/C22H24N2O3S2/c1-14-6-11-18(26-2)19-20(14)29-22(23-19)24(13-16-5-4-12-27-16)21(25)15-7-9-17(28-3)10-8-15/h6-11,16H,4-5,12-13H2,1-3H3/t16-/m0/s1. The number of hydrogen-bond acceptors (Lipinski definition) is 6. The number of benzene rings is 2.